The highest BCUT2D eigenvalue weighted by atomic mass is 15.1. The lowest BCUT2D eigenvalue weighted by Crippen LogP contribution is -2.30. The van der Waals surface area contributed by atoms with Crippen LogP contribution in [0, 0.1) is 29.6 Å². The van der Waals surface area contributed by atoms with Crippen molar-refractivity contribution in [1.82, 2.24) is 10.2 Å². The van der Waals surface area contributed by atoms with E-state index >= 15 is 0 Å². The molecule has 4 unspecified atom stereocenters. The lowest BCUT2D eigenvalue weighted by atomic mass is 10.0. The van der Waals surface area contributed by atoms with Gasteiger partial charge in [0, 0.05) is 13.1 Å². The van der Waals surface area contributed by atoms with Gasteiger partial charge in [0.25, 0.3) is 0 Å². The lowest BCUT2D eigenvalue weighted by molar-refractivity contribution is 0.343. The number of hydrogen-bond acceptors (Lipinski definition) is 2. The van der Waals surface area contributed by atoms with Crippen LogP contribution in [0.4, 0.5) is 0 Å². The SMILES string of the molecule is CCN(C)CCNCC1C2C3CCC(C3)C12. The fourth-order valence-corrected chi connectivity index (χ4v) is 4.48. The number of hydrogen-bond donors (Lipinski definition) is 1. The minimum absolute atomic E-state index is 1.07. The van der Waals surface area contributed by atoms with E-state index in [0.717, 1.165) is 29.6 Å². The molecule has 0 spiro atoms. The summed E-state index contributed by atoms with van der Waals surface area (Å²) in [6.07, 6.45) is 4.70. The third kappa shape index (κ3) is 1.80. The van der Waals surface area contributed by atoms with E-state index in [1.807, 2.05) is 0 Å². The maximum Gasteiger partial charge on any atom is 0.0104 e. The molecule has 0 aromatic rings. The zero-order valence-corrected chi connectivity index (χ0v) is 10.8. The largest absolute Gasteiger partial charge is 0.315 e. The quantitative estimate of drug-likeness (QED) is 0.690. The Morgan fingerprint density at radius 3 is 2.50 bits per heavy atom. The molecule has 2 bridgehead atoms. The van der Waals surface area contributed by atoms with Gasteiger partial charge in [-0.3, -0.25) is 0 Å². The molecular formula is C14H26N2. The molecule has 0 saturated heterocycles. The smallest absolute Gasteiger partial charge is 0.0104 e. The van der Waals surface area contributed by atoms with Crippen LogP contribution in [0.25, 0.3) is 0 Å². The third-order valence-electron chi connectivity index (χ3n) is 5.48. The Morgan fingerprint density at radius 2 is 1.88 bits per heavy atom. The molecule has 1 N–H and O–H groups in total. The number of nitrogens with one attached hydrogen (secondary N) is 1. The summed E-state index contributed by atoms with van der Waals surface area (Å²) in [7, 11) is 2.20. The van der Waals surface area contributed by atoms with Crippen LogP contribution in [-0.4, -0.2) is 38.1 Å². The first-order valence-corrected chi connectivity index (χ1v) is 7.20. The van der Waals surface area contributed by atoms with E-state index in [4.69, 9.17) is 0 Å². The second-order valence-electron chi connectivity index (χ2n) is 6.25. The van der Waals surface area contributed by atoms with E-state index in [-0.39, 0.29) is 0 Å². The van der Waals surface area contributed by atoms with Crippen LogP contribution in [0.1, 0.15) is 26.2 Å². The van der Waals surface area contributed by atoms with E-state index in [1.165, 1.54) is 26.2 Å². The maximum atomic E-state index is 3.67. The average molecular weight is 222 g/mol. The van der Waals surface area contributed by atoms with Crippen LogP contribution in [-0.2, 0) is 0 Å². The predicted molar refractivity (Wildman–Crippen MR) is 67.3 cm³/mol. The normalized spacial score (nSPS) is 44.1. The minimum atomic E-state index is 1.07. The van der Waals surface area contributed by atoms with Gasteiger partial charge in [0.05, 0.1) is 0 Å². The molecule has 4 atom stereocenters. The molecule has 3 rings (SSSR count). The maximum absolute atomic E-state index is 3.67. The van der Waals surface area contributed by atoms with Gasteiger partial charge in [0.15, 0.2) is 0 Å². The van der Waals surface area contributed by atoms with Crippen molar-refractivity contribution in [2.24, 2.45) is 29.6 Å². The van der Waals surface area contributed by atoms with Gasteiger partial charge < -0.3 is 10.2 Å². The van der Waals surface area contributed by atoms with Gasteiger partial charge in [-0.05, 0) is 69.0 Å². The van der Waals surface area contributed by atoms with Crippen LogP contribution in [0.15, 0.2) is 0 Å². The zero-order valence-electron chi connectivity index (χ0n) is 10.8. The van der Waals surface area contributed by atoms with Crippen molar-refractivity contribution in [2.75, 3.05) is 33.2 Å². The van der Waals surface area contributed by atoms with Crippen molar-refractivity contribution < 1.29 is 0 Å². The topological polar surface area (TPSA) is 15.3 Å². The second-order valence-corrected chi connectivity index (χ2v) is 6.25. The molecule has 2 heteroatoms. The van der Waals surface area contributed by atoms with E-state index in [0.29, 0.717) is 0 Å². The van der Waals surface area contributed by atoms with Crippen molar-refractivity contribution in [2.45, 2.75) is 26.2 Å². The summed E-state index contributed by atoms with van der Waals surface area (Å²) in [6, 6.07) is 0. The highest BCUT2D eigenvalue weighted by Gasteiger charge is 2.64. The number of rotatable bonds is 6. The highest BCUT2D eigenvalue weighted by molar-refractivity contribution is 5.13. The molecule has 0 amide bonds. The number of nitrogens with zero attached hydrogens (tertiary/aromatic N) is 1. The third-order valence-corrected chi connectivity index (χ3v) is 5.48. The number of fused-ring (bicyclic) bond motifs is 5. The van der Waals surface area contributed by atoms with Crippen molar-refractivity contribution in [1.29, 1.82) is 0 Å². The summed E-state index contributed by atoms with van der Waals surface area (Å²) in [5, 5.41) is 3.67. The Labute approximate surface area is 99.8 Å². The predicted octanol–water partition coefficient (Wildman–Crippen LogP) is 1.82. The number of likely N-dealkylation sites (N-methyl/N-ethyl adjacent to an activating group) is 1. The molecule has 16 heavy (non-hydrogen) atoms. The monoisotopic (exact) mass is 222 g/mol. The highest BCUT2D eigenvalue weighted by Crippen LogP contribution is 2.69. The van der Waals surface area contributed by atoms with Gasteiger partial charge in [-0.25, -0.2) is 0 Å². The van der Waals surface area contributed by atoms with Crippen LogP contribution < -0.4 is 5.32 Å². The Kier molecular flexibility index (Phi) is 2.97. The van der Waals surface area contributed by atoms with Gasteiger partial charge >= 0.3 is 0 Å². The molecule has 0 aromatic carbocycles. The Bertz CT molecular complexity index is 237. The first-order valence-electron chi connectivity index (χ1n) is 7.20. The molecule has 0 aliphatic heterocycles. The van der Waals surface area contributed by atoms with Crippen LogP contribution in [0.5, 0.6) is 0 Å². The molecule has 3 aliphatic rings. The van der Waals surface area contributed by atoms with E-state index in [2.05, 4.69) is 24.2 Å². The molecule has 3 saturated carbocycles. The first kappa shape index (κ1) is 11.0. The Morgan fingerprint density at radius 1 is 1.19 bits per heavy atom. The van der Waals surface area contributed by atoms with E-state index in [1.54, 1.807) is 19.3 Å². The van der Waals surface area contributed by atoms with Gasteiger partial charge in [-0.2, -0.15) is 0 Å². The molecule has 0 heterocycles. The van der Waals surface area contributed by atoms with Gasteiger partial charge in [-0.15, -0.1) is 0 Å². The molecule has 92 valence electrons. The van der Waals surface area contributed by atoms with Crippen LogP contribution >= 0.6 is 0 Å². The summed E-state index contributed by atoms with van der Waals surface area (Å²) in [5.41, 5.74) is 0. The fourth-order valence-electron chi connectivity index (χ4n) is 4.48. The average Bonchev–Trinajstić information content (AvgIpc) is 2.71. The van der Waals surface area contributed by atoms with E-state index < -0.39 is 0 Å². The van der Waals surface area contributed by atoms with Crippen molar-refractivity contribution in [3.63, 3.8) is 0 Å². The molecule has 0 aromatic heterocycles. The van der Waals surface area contributed by atoms with Crippen LogP contribution in [0.3, 0.4) is 0 Å². The lowest BCUT2D eigenvalue weighted by Gasteiger charge is -2.15. The molecule has 0 radical (unpaired) electrons. The standard InChI is InChI=1S/C14H26N2/c1-3-16(2)7-6-15-9-12-13-10-4-5-11(8-10)14(12)13/h10-15H,3-9H2,1-2H3. The Balaban J connectivity index is 1.33. The van der Waals surface area contributed by atoms with Crippen molar-refractivity contribution in [3.05, 3.63) is 0 Å². The summed E-state index contributed by atoms with van der Waals surface area (Å²) in [4.78, 5) is 2.38. The molecular weight excluding hydrogens is 196 g/mol. The zero-order chi connectivity index (χ0) is 11.1. The van der Waals surface area contributed by atoms with Gasteiger partial charge in [0.1, 0.15) is 0 Å². The van der Waals surface area contributed by atoms with Gasteiger partial charge in [0.2, 0.25) is 0 Å². The molecule has 2 nitrogen and oxygen atoms in total. The molecule has 3 aliphatic carbocycles. The molecule has 3 fully saturated rings. The summed E-state index contributed by atoms with van der Waals surface area (Å²) in [5.74, 6) is 5.64. The summed E-state index contributed by atoms with van der Waals surface area (Å²) in [6.45, 7) is 7.07. The minimum Gasteiger partial charge on any atom is -0.315 e. The fraction of sp³-hybridized carbons (Fsp3) is 1.00. The van der Waals surface area contributed by atoms with Crippen LogP contribution in [0.2, 0.25) is 0 Å². The van der Waals surface area contributed by atoms with Crippen molar-refractivity contribution >= 4 is 0 Å². The van der Waals surface area contributed by atoms with E-state index in [9.17, 15) is 0 Å². The first-order chi connectivity index (χ1) is 7.81. The summed E-state index contributed by atoms with van der Waals surface area (Å²) < 4.78 is 0. The Hall–Kier alpha value is -0.0800. The summed E-state index contributed by atoms with van der Waals surface area (Å²) >= 11 is 0. The van der Waals surface area contributed by atoms with Crippen molar-refractivity contribution in [3.8, 4) is 0 Å². The second kappa shape index (κ2) is 4.30. The van der Waals surface area contributed by atoms with Gasteiger partial charge in [-0.1, -0.05) is 6.92 Å².